The van der Waals surface area contributed by atoms with Crippen molar-refractivity contribution in [3.63, 3.8) is 0 Å². The van der Waals surface area contributed by atoms with E-state index in [-0.39, 0.29) is 5.97 Å². The van der Waals surface area contributed by atoms with E-state index < -0.39 is 7.25 Å². The zero-order valence-corrected chi connectivity index (χ0v) is 10.7. The molecule has 9 heteroatoms. The van der Waals surface area contributed by atoms with Gasteiger partial charge in [0.15, 0.2) is 9.40 Å². The standard InChI is InChI=1S/C9H7O2S2.BF4/c1-11-9(10)6-3-2-4-7-8(6)13-5-12-7;2-1(3,4)5/h2-5H,1H3;/q+1;-1. The summed E-state index contributed by atoms with van der Waals surface area (Å²) >= 11 is 3.22. The molecule has 98 valence electrons. The van der Waals surface area contributed by atoms with Crippen molar-refractivity contribution in [2.45, 2.75) is 0 Å². The molecule has 0 aliphatic rings. The summed E-state index contributed by atoms with van der Waals surface area (Å²) in [5.41, 5.74) is 0.659. The van der Waals surface area contributed by atoms with Gasteiger partial charge in [-0.3, -0.25) is 0 Å². The number of halogens is 4. The van der Waals surface area contributed by atoms with Crippen LogP contribution in [0.3, 0.4) is 0 Å². The lowest BCUT2D eigenvalue weighted by atomic mass is 10.2. The molecule has 1 heterocycles. The maximum Gasteiger partial charge on any atom is 0.673 e. The molecular weight excluding hydrogens is 291 g/mol. The minimum atomic E-state index is -6.00. The first-order chi connectivity index (χ1) is 8.33. The third-order valence-electron chi connectivity index (χ3n) is 1.73. The van der Waals surface area contributed by atoms with Crippen molar-refractivity contribution in [2.24, 2.45) is 0 Å². The summed E-state index contributed by atoms with van der Waals surface area (Å²) in [6.07, 6.45) is 0. The van der Waals surface area contributed by atoms with Crippen molar-refractivity contribution in [3.05, 3.63) is 28.5 Å². The van der Waals surface area contributed by atoms with Crippen LogP contribution >= 0.6 is 22.7 Å². The summed E-state index contributed by atoms with van der Waals surface area (Å²) in [5, 5.41) is 0. The van der Waals surface area contributed by atoms with E-state index in [1.165, 1.54) is 7.11 Å². The molecule has 2 rings (SSSR count). The quantitative estimate of drug-likeness (QED) is 0.339. The maximum absolute atomic E-state index is 11.3. The Hall–Kier alpha value is -1.22. The van der Waals surface area contributed by atoms with Gasteiger partial charge in [-0.2, -0.15) is 0 Å². The molecule has 0 bridgehead atoms. The molecule has 0 N–H and O–H groups in total. The fourth-order valence-corrected chi connectivity index (χ4v) is 3.24. The SMILES string of the molecule is COC(=O)c1cccc2sc[s+]c12.F[B-](F)(F)F. The van der Waals surface area contributed by atoms with Gasteiger partial charge in [-0.1, -0.05) is 6.07 Å². The van der Waals surface area contributed by atoms with Crippen LogP contribution in [0.4, 0.5) is 17.3 Å². The summed E-state index contributed by atoms with van der Waals surface area (Å²) in [6.45, 7) is 0. The van der Waals surface area contributed by atoms with Crippen LogP contribution in [0.1, 0.15) is 10.4 Å². The van der Waals surface area contributed by atoms with E-state index in [2.05, 4.69) is 4.74 Å². The highest BCUT2D eigenvalue weighted by molar-refractivity contribution is 7.36. The van der Waals surface area contributed by atoms with Crippen LogP contribution in [0.2, 0.25) is 0 Å². The number of hydrogen-bond acceptors (Lipinski definition) is 3. The predicted molar refractivity (Wildman–Crippen MR) is 65.6 cm³/mol. The Kier molecular flexibility index (Phi) is 5.03. The summed E-state index contributed by atoms with van der Waals surface area (Å²) < 4.78 is 47.8. The van der Waals surface area contributed by atoms with Gasteiger partial charge >= 0.3 is 13.2 Å². The zero-order chi connectivity index (χ0) is 13.8. The van der Waals surface area contributed by atoms with Crippen molar-refractivity contribution >= 4 is 45.3 Å². The molecule has 1 aromatic carbocycles. The second-order valence-corrected chi connectivity index (χ2v) is 5.04. The van der Waals surface area contributed by atoms with Crippen LogP contribution in [0.15, 0.2) is 22.9 Å². The fraction of sp³-hybridized carbons (Fsp3) is 0.111. The van der Waals surface area contributed by atoms with Crippen LogP contribution in [0.5, 0.6) is 0 Å². The van der Waals surface area contributed by atoms with E-state index in [9.17, 15) is 22.1 Å². The van der Waals surface area contributed by atoms with Crippen molar-refractivity contribution in [1.82, 2.24) is 0 Å². The molecule has 0 spiro atoms. The number of ether oxygens (including phenoxy) is 1. The number of benzene rings is 1. The summed E-state index contributed by atoms with van der Waals surface area (Å²) in [6, 6.07) is 5.66. The third-order valence-corrected chi connectivity index (χ3v) is 3.89. The first-order valence-electron chi connectivity index (χ1n) is 4.56. The number of fused-ring (bicyclic) bond motifs is 1. The second-order valence-electron chi connectivity index (χ2n) is 2.95. The Bertz CT molecular complexity index is 535. The molecule has 2 nitrogen and oxygen atoms in total. The van der Waals surface area contributed by atoms with Crippen LogP contribution in [-0.4, -0.2) is 20.3 Å². The number of esters is 1. The number of carbonyl (C=O) groups excluding carboxylic acids is 1. The Morgan fingerprint density at radius 3 is 2.50 bits per heavy atom. The number of rotatable bonds is 1. The lowest BCUT2D eigenvalue weighted by molar-refractivity contribution is 0.0603. The minimum absolute atomic E-state index is 0.264. The van der Waals surface area contributed by atoms with Gasteiger partial charge in [-0.25, -0.2) is 4.79 Å². The van der Waals surface area contributed by atoms with E-state index in [4.69, 9.17) is 0 Å². The Morgan fingerprint density at radius 1 is 1.33 bits per heavy atom. The number of hydrogen-bond donors (Lipinski definition) is 0. The zero-order valence-electron chi connectivity index (χ0n) is 9.03. The summed E-state index contributed by atoms with van der Waals surface area (Å²) in [5.74, 6) is -0.264. The van der Waals surface area contributed by atoms with E-state index in [1.54, 1.807) is 28.7 Å². The highest BCUT2D eigenvalue weighted by Crippen LogP contribution is 2.29. The molecule has 0 atom stereocenters. The Labute approximate surface area is 108 Å². The average molecular weight is 298 g/mol. The molecule has 1 aromatic heterocycles. The van der Waals surface area contributed by atoms with Crippen LogP contribution in [0, 0.1) is 0 Å². The number of carbonyl (C=O) groups is 1. The maximum atomic E-state index is 11.3. The molecule has 0 radical (unpaired) electrons. The first-order valence-corrected chi connectivity index (χ1v) is 6.32. The van der Waals surface area contributed by atoms with Crippen LogP contribution in [-0.2, 0) is 4.74 Å². The van der Waals surface area contributed by atoms with E-state index in [0.29, 0.717) is 5.56 Å². The van der Waals surface area contributed by atoms with Crippen molar-refractivity contribution < 1.29 is 26.8 Å². The van der Waals surface area contributed by atoms with E-state index >= 15 is 0 Å². The second kappa shape index (κ2) is 6.10. The molecule has 0 fully saturated rings. The molecule has 0 aliphatic carbocycles. The monoisotopic (exact) mass is 298 g/mol. The van der Waals surface area contributed by atoms with Crippen molar-refractivity contribution in [2.75, 3.05) is 7.11 Å². The Balaban J connectivity index is 0.000000280. The van der Waals surface area contributed by atoms with E-state index in [1.807, 2.05) is 16.8 Å². The molecule has 0 amide bonds. The highest BCUT2D eigenvalue weighted by Gasteiger charge is 2.20. The highest BCUT2D eigenvalue weighted by atomic mass is 32.2. The molecular formula is C9H7BF4O2S2. The molecule has 18 heavy (non-hydrogen) atoms. The largest absolute Gasteiger partial charge is 0.673 e. The number of methoxy groups -OCH3 is 1. The topological polar surface area (TPSA) is 26.3 Å². The van der Waals surface area contributed by atoms with Gasteiger partial charge in [0, 0.05) is 0 Å². The predicted octanol–water partition coefficient (Wildman–Crippen LogP) is 4.33. The van der Waals surface area contributed by atoms with Gasteiger partial charge in [0.2, 0.25) is 4.69 Å². The minimum Gasteiger partial charge on any atom is -0.465 e. The smallest absolute Gasteiger partial charge is 0.465 e. The summed E-state index contributed by atoms with van der Waals surface area (Å²) in [7, 11) is -4.60. The van der Waals surface area contributed by atoms with Gasteiger partial charge in [-0.05, 0) is 12.1 Å². The van der Waals surface area contributed by atoms with Gasteiger partial charge in [0.1, 0.15) is 5.56 Å². The van der Waals surface area contributed by atoms with Gasteiger partial charge < -0.3 is 22.0 Å². The van der Waals surface area contributed by atoms with Gasteiger partial charge in [0.05, 0.1) is 29.8 Å². The average Bonchev–Trinajstić information content (AvgIpc) is 2.73. The van der Waals surface area contributed by atoms with Crippen LogP contribution < -0.4 is 0 Å². The molecule has 0 saturated heterocycles. The molecule has 0 unspecified atom stereocenters. The summed E-state index contributed by atoms with van der Waals surface area (Å²) in [4.78, 5) is 11.3. The van der Waals surface area contributed by atoms with E-state index in [0.717, 1.165) is 9.40 Å². The van der Waals surface area contributed by atoms with Crippen molar-refractivity contribution in [1.29, 1.82) is 0 Å². The van der Waals surface area contributed by atoms with Gasteiger partial charge in [0.25, 0.3) is 0 Å². The van der Waals surface area contributed by atoms with Crippen molar-refractivity contribution in [3.8, 4) is 0 Å². The normalized spacial score (nSPS) is 10.7. The third kappa shape index (κ3) is 4.57. The first kappa shape index (κ1) is 14.8. The lowest BCUT2D eigenvalue weighted by Gasteiger charge is -1.95. The molecule has 2 aromatic rings. The molecule has 0 aliphatic heterocycles. The molecule has 0 saturated carbocycles. The van der Waals surface area contributed by atoms with Gasteiger partial charge in [-0.15, -0.1) is 0 Å². The fourth-order valence-electron chi connectivity index (χ4n) is 1.12. The van der Waals surface area contributed by atoms with Crippen LogP contribution in [0.25, 0.3) is 9.40 Å². The lowest BCUT2D eigenvalue weighted by Crippen LogP contribution is -2.02. The Morgan fingerprint density at radius 2 is 1.94 bits per heavy atom.